The molecule has 6 nitrogen and oxygen atoms in total. The van der Waals surface area contributed by atoms with E-state index in [0.29, 0.717) is 6.04 Å². The van der Waals surface area contributed by atoms with E-state index in [1.807, 2.05) is 21.1 Å². The highest BCUT2D eigenvalue weighted by Crippen LogP contribution is 2.18. The largest absolute Gasteiger partial charge is 0.356 e. The lowest BCUT2D eigenvalue weighted by atomic mass is 10.2. The molecule has 0 aromatic rings. The second-order valence-corrected chi connectivity index (χ2v) is 6.56. The molecule has 0 aromatic carbocycles. The number of hydrogen-bond donors (Lipinski definition) is 2. The standard InChI is InChI=1S/C17H31N5O/c1-18-17(20-14-8-4-5-9-14)19-11-7-13-22-12-6-10-15(22)16(23)21(2)3/h4-5,14-15H,6-13H2,1-3H3,(H2,18,19,20). The minimum atomic E-state index is 0.0759. The molecule has 6 heteroatoms. The molecule has 23 heavy (non-hydrogen) atoms. The number of nitrogens with one attached hydrogen (secondary N) is 2. The van der Waals surface area contributed by atoms with Crippen LogP contribution < -0.4 is 10.6 Å². The normalized spacial score (nSPS) is 22.6. The minimum absolute atomic E-state index is 0.0759. The van der Waals surface area contributed by atoms with Crippen molar-refractivity contribution in [3.05, 3.63) is 12.2 Å². The van der Waals surface area contributed by atoms with E-state index in [9.17, 15) is 4.79 Å². The number of likely N-dealkylation sites (tertiary alicyclic amines) is 1. The summed E-state index contributed by atoms with van der Waals surface area (Å²) in [7, 11) is 5.49. The van der Waals surface area contributed by atoms with Crippen molar-refractivity contribution in [3.63, 3.8) is 0 Å². The maximum Gasteiger partial charge on any atom is 0.239 e. The van der Waals surface area contributed by atoms with Gasteiger partial charge in [-0.15, -0.1) is 0 Å². The summed E-state index contributed by atoms with van der Waals surface area (Å²) in [5.74, 6) is 1.11. The molecule has 1 fully saturated rings. The summed E-state index contributed by atoms with van der Waals surface area (Å²) in [6.45, 7) is 2.86. The third kappa shape index (κ3) is 5.23. The Kier molecular flexibility index (Phi) is 6.89. The number of carbonyl (C=O) groups is 1. The summed E-state index contributed by atoms with van der Waals surface area (Å²) in [5.41, 5.74) is 0. The number of likely N-dealkylation sites (N-methyl/N-ethyl adjacent to an activating group) is 1. The fourth-order valence-electron chi connectivity index (χ4n) is 3.28. The van der Waals surface area contributed by atoms with Crippen LogP contribution in [0.1, 0.15) is 32.1 Å². The number of rotatable bonds is 6. The first-order chi connectivity index (χ1) is 11.1. The van der Waals surface area contributed by atoms with Crippen molar-refractivity contribution in [3.8, 4) is 0 Å². The highest BCUT2D eigenvalue weighted by Gasteiger charge is 2.30. The minimum Gasteiger partial charge on any atom is -0.356 e. The summed E-state index contributed by atoms with van der Waals surface area (Å²) in [4.78, 5) is 20.5. The quantitative estimate of drug-likeness (QED) is 0.329. The number of aliphatic imine (C=N–C) groups is 1. The zero-order valence-corrected chi connectivity index (χ0v) is 14.7. The van der Waals surface area contributed by atoms with Crippen molar-refractivity contribution in [1.82, 2.24) is 20.4 Å². The van der Waals surface area contributed by atoms with Gasteiger partial charge in [0.25, 0.3) is 0 Å². The lowest BCUT2D eigenvalue weighted by molar-refractivity contribution is -0.133. The molecule has 130 valence electrons. The third-order valence-corrected chi connectivity index (χ3v) is 4.58. The van der Waals surface area contributed by atoms with E-state index >= 15 is 0 Å². The van der Waals surface area contributed by atoms with Gasteiger partial charge in [0.1, 0.15) is 0 Å². The van der Waals surface area contributed by atoms with Crippen molar-refractivity contribution in [2.45, 2.75) is 44.2 Å². The van der Waals surface area contributed by atoms with E-state index in [4.69, 9.17) is 0 Å². The van der Waals surface area contributed by atoms with Crippen molar-refractivity contribution in [2.24, 2.45) is 4.99 Å². The lowest BCUT2D eigenvalue weighted by Gasteiger charge is -2.26. The molecule has 0 bridgehead atoms. The van der Waals surface area contributed by atoms with Crippen LogP contribution in [0.5, 0.6) is 0 Å². The monoisotopic (exact) mass is 321 g/mol. The van der Waals surface area contributed by atoms with Gasteiger partial charge < -0.3 is 15.5 Å². The van der Waals surface area contributed by atoms with E-state index in [2.05, 4.69) is 32.7 Å². The Balaban J connectivity index is 1.66. The zero-order chi connectivity index (χ0) is 16.7. The summed E-state index contributed by atoms with van der Waals surface area (Å²) in [6, 6.07) is 0.550. The summed E-state index contributed by atoms with van der Waals surface area (Å²) >= 11 is 0. The van der Waals surface area contributed by atoms with Crippen LogP contribution in [0.4, 0.5) is 0 Å². The molecule has 0 radical (unpaired) electrons. The predicted octanol–water partition coefficient (Wildman–Crippen LogP) is 0.813. The Hall–Kier alpha value is -1.56. The molecule has 0 aromatic heterocycles. The lowest BCUT2D eigenvalue weighted by Crippen LogP contribution is -2.45. The van der Waals surface area contributed by atoms with Gasteiger partial charge in [-0.25, -0.2) is 0 Å². The van der Waals surface area contributed by atoms with Gasteiger partial charge in [-0.3, -0.25) is 14.7 Å². The van der Waals surface area contributed by atoms with Crippen LogP contribution in [0.2, 0.25) is 0 Å². The number of guanidine groups is 1. The molecular formula is C17H31N5O. The van der Waals surface area contributed by atoms with Crippen LogP contribution in [0, 0.1) is 0 Å². The van der Waals surface area contributed by atoms with Gasteiger partial charge >= 0.3 is 0 Å². The second kappa shape index (κ2) is 8.91. The number of amides is 1. The van der Waals surface area contributed by atoms with Gasteiger partial charge in [0.05, 0.1) is 6.04 Å². The highest BCUT2D eigenvalue weighted by atomic mass is 16.2. The maximum absolute atomic E-state index is 12.2. The van der Waals surface area contributed by atoms with Gasteiger partial charge in [-0.2, -0.15) is 0 Å². The summed E-state index contributed by atoms with van der Waals surface area (Å²) in [5, 5.41) is 6.81. The van der Waals surface area contributed by atoms with Gasteiger partial charge in [0, 0.05) is 40.3 Å². The molecule has 2 rings (SSSR count). The highest BCUT2D eigenvalue weighted by molar-refractivity contribution is 5.81. The Morgan fingerprint density at radius 1 is 1.35 bits per heavy atom. The molecule has 0 spiro atoms. The van der Waals surface area contributed by atoms with Crippen LogP contribution in [0.3, 0.4) is 0 Å². The van der Waals surface area contributed by atoms with Crippen LogP contribution >= 0.6 is 0 Å². The summed E-state index contributed by atoms with van der Waals surface area (Å²) < 4.78 is 0. The molecule has 1 unspecified atom stereocenters. The first-order valence-corrected chi connectivity index (χ1v) is 8.69. The van der Waals surface area contributed by atoms with E-state index in [-0.39, 0.29) is 11.9 Å². The van der Waals surface area contributed by atoms with Gasteiger partial charge in [0.2, 0.25) is 5.91 Å². The summed E-state index contributed by atoms with van der Waals surface area (Å²) in [6.07, 6.45) is 9.69. The van der Waals surface area contributed by atoms with E-state index in [1.54, 1.807) is 4.90 Å². The van der Waals surface area contributed by atoms with Crippen molar-refractivity contribution >= 4 is 11.9 Å². The van der Waals surface area contributed by atoms with Crippen molar-refractivity contribution < 1.29 is 4.79 Å². The first-order valence-electron chi connectivity index (χ1n) is 8.69. The van der Waals surface area contributed by atoms with E-state index < -0.39 is 0 Å². The van der Waals surface area contributed by atoms with Gasteiger partial charge in [-0.05, 0) is 38.6 Å². The van der Waals surface area contributed by atoms with Crippen molar-refractivity contribution in [2.75, 3.05) is 40.8 Å². The van der Waals surface area contributed by atoms with Crippen LogP contribution in [-0.2, 0) is 4.79 Å². The van der Waals surface area contributed by atoms with Crippen LogP contribution in [-0.4, -0.2) is 74.5 Å². The predicted molar refractivity (Wildman–Crippen MR) is 94.6 cm³/mol. The molecule has 1 atom stereocenters. The molecule has 1 heterocycles. The SMILES string of the molecule is CN=C(NCCCN1CCCC1C(=O)N(C)C)NC1CC=CC1. The molecule has 2 aliphatic rings. The van der Waals surface area contributed by atoms with Crippen LogP contribution in [0.25, 0.3) is 0 Å². The zero-order valence-electron chi connectivity index (χ0n) is 14.7. The molecule has 1 aliphatic heterocycles. The molecule has 1 aliphatic carbocycles. The third-order valence-electron chi connectivity index (χ3n) is 4.58. The Morgan fingerprint density at radius 3 is 2.74 bits per heavy atom. The van der Waals surface area contributed by atoms with Gasteiger partial charge in [-0.1, -0.05) is 12.2 Å². The molecule has 0 saturated carbocycles. The van der Waals surface area contributed by atoms with Crippen LogP contribution in [0.15, 0.2) is 17.1 Å². The van der Waals surface area contributed by atoms with E-state index in [1.165, 1.54) is 0 Å². The average Bonchev–Trinajstić information content (AvgIpc) is 3.20. The number of carbonyl (C=O) groups excluding carboxylic acids is 1. The van der Waals surface area contributed by atoms with Crippen molar-refractivity contribution in [1.29, 1.82) is 0 Å². The fourth-order valence-corrected chi connectivity index (χ4v) is 3.28. The Bertz CT molecular complexity index is 438. The molecular weight excluding hydrogens is 290 g/mol. The molecule has 2 N–H and O–H groups in total. The second-order valence-electron chi connectivity index (χ2n) is 6.56. The number of hydrogen-bond acceptors (Lipinski definition) is 3. The van der Waals surface area contributed by atoms with Gasteiger partial charge in [0.15, 0.2) is 5.96 Å². The molecule has 1 saturated heterocycles. The smallest absolute Gasteiger partial charge is 0.239 e. The molecule has 1 amide bonds. The topological polar surface area (TPSA) is 60.0 Å². The first kappa shape index (κ1) is 17.8. The maximum atomic E-state index is 12.2. The Labute approximate surface area is 140 Å². The average molecular weight is 321 g/mol. The Morgan fingerprint density at radius 2 is 2.09 bits per heavy atom. The fraction of sp³-hybridized carbons (Fsp3) is 0.765. The van der Waals surface area contributed by atoms with E-state index in [0.717, 1.165) is 57.7 Å². The number of nitrogens with zero attached hydrogens (tertiary/aromatic N) is 3.